The average molecular weight is 245 g/mol. The van der Waals surface area contributed by atoms with E-state index >= 15 is 0 Å². The Morgan fingerprint density at radius 2 is 2.38 bits per heavy atom. The molecule has 1 aliphatic rings. The standard InChI is InChI=1S/C12H14ClFO2/c13-6-10-5-11(14)1-2-12(10)16-8-9-3-4-15-7-9/h1-2,5,9H,3-4,6-8H2. The summed E-state index contributed by atoms with van der Waals surface area (Å²) in [6.45, 7) is 2.16. The molecule has 1 unspecified atom stereocenters. The van der Waals surface area contributed by atoms with Crippen LogP contribution in [0.15, 0.2) is 18.2 Å². The normalized spacial score (nSPS) is 20.0. The van der Waals surface area contributed by atoms with Crippen LogP contribution in [0, 0.1) is 11.7 Å². The van der Waals surface area contributed by atoms with Gasteiger partial charge >= 0.3 is 0 Å². The van der Waals surface area contributed by atoms with Crippen LogP contribution in [-0.4, -0.2) is 19.8 Å². The second kappa shape index (κ2) is 5.51. The number of hydrogen-bond donors (Lipinski definition) is 0. The van der Waals surface area contributed by atoms with E-state index in [0.29, 0.717) is 23.8 Å². The average Bonchev–Trinajstić information content (AvgIpc) is 2.80. The molecule has 1 heterocycles. The van der Waals surface area contributed by atoms with E-state index in [4.69, 9.17) is 21.1 Å². The number of alkyl halides is 1. The molecule has 0 aromatic heterocycles. The predicted octanol–water partition coefficient (Wildman–Crippen LogP) is 2.98. The molecule has 0 aliphatic carbocycles. The molecular weight excluding hydrogens is 231 g/mol. The Morgan fingerprint density at radius 1 is 1.50 bits per heavy atom. The summed E-state index contributed by atoms with van der Waals surface area (Å²) in [7, 11) is 0. The zero-order valence-corrected chi connectivity index (χ0v) is 9.67. The van der Waals surface area contributed by atoms with E-state index in [1.54, 1.807) is 6.07 Å². The summed E-state index contributed by atoms with van der Waals surface area (Å²) in [4.78, 5) is 0. The van der Waals surface area contributed by atoms with Crippen LogP contribution in [0.3, 0.4) is 0 Å². The highest BCUT2D eigenvalue weighted by Crippen LogP contribution is 2.23. The first-order valence-corrected chi connectivity index (χ1v) is 5.88. The summed E-state index contributed by atoms with van der Waals surface area (Å²) in [6.07, 6.45) is 1.03. The molecule has 16 heavy (non-hydrogen) atoms. The third-order valence-corrected chi connectivity index (χ3v) is 2.95. The van der Waals surface area contributed by atoms with Gasteiger partial charge in [-0.3, -0.25) is 0 Å². The van der Waals surface area contributed by atoms with Gasteiger partial charge in [-0.1, -0.05) is 0 Å². The van der Waals surface area contributed by atoms with Crippen molar-refractivity contribution in [2.45, 2.75) is 12.3 Å². The molecule has 0 radical (unpaired) electrons. The van der Waals surface area contributed by atoms with E-state index in [1.807, 2.05) is 0 Å². The lowest BCUT2D eigenvalue weighted by atomic mass is 10.1. The van der Waals surface area contributed by atoms with E-state index in [0.717, 1.165) is 19.6 Å². The van der Waals surface area contributed by atoms with Crippen molar-refractivity contribution in [3.8, 4) is 5.75 Å². The summed E-state index contributed by atoms with van der Waals surface area (Å²) in [6, 6.07) is 4.42. The highest BCUT2D eigenvalue weighted by atomic mass is 35.5. The topological polar surface area (TPSA) is 18.5 Å². The minimum Gasteiger partial charge on any atom is -0.493 e. The lowest BCUT2D eigenvalue weighted by molar-refractivity contribution is 0.167. The minimum absolute atomic E-state index is 0.258. The summed E-state index contributed by atoms with van der Waals surface area (Å²) < 4.78 is 23.8. The lowest BCUT2D eigenvalue weighted by Crippen LogP contribution is -2.12. The van der Waals surface area contributed by atoms with Crippen molar-refractivity contribution >= 4 is 11.6 Å². The molecule has 1 aliphatic heterocycles. The van der Waals surface area contributed by atoms with Crippen LogP contribution in [0.5, 0.6) is 5.75 Å². The minimum atomic E-state index is -0.285. The predicted molar refractivity (Wildman–Crippen MR) is 60.4 cm³/mol. The van der Waals surface area contributed by atoms with Gasteiger partial charge in [-0.15, -0.1) is 11.6 Å². The quantitative estimate of drug-likeness (QED) is 0.758. The van der Waals surface area contributed by atoms with Crippen molar-refractivity contribution < 1.29 is 13.9 Å². The van der Waals surface area contributed by atoms with Gasteiger partial charge in [0, 0.05) is 18.1 Å². The fourth-order valence-electron chi connectivity index (χ4n) is 1.72. The van der Waals surface area contributed by atoms with E-state index in [9.17, 15) is 4.39 Å². The molecule has 0 N–H and O–H groups in total. The van der Waals surface area contributed by atoms with Crippen LogP contribution < -0.4 is 4.74 Å². The largest absolute Gasteiger partial charge is 0.493 e. The Kier molecular flexibility index (Phi) is 4.02. The van der Waals surface area contributed by atoms with Crippen molar-refractivity contribution in [2.24, 2.45) is 5.92 Å². The number of ether oxygens (including phenoxy) is 2. The van der Waals surface area contributed by atoms with Crippen LogP contribution in [0.4, 0.5) is 4.39 Å². The maximum Gasteiger partial charge on any atom is 0.123 e. The van der Waals surface area contributed by atoms with Gasteiger partial charge in [-0.25, -0.2) is 4.39 Å². The molecule has 88 valence electrons. The molecule has 1 atom stereocenters. The molecule has 2 nitrogen and oxygen atoms in total. The molecule has 0 amide bonds. The van der Waals surface area contributed by atoms with Crippen LogP contribution in [0.2, 0.25) is 0 Å². The second-order valence-corrected chi connectivity index (χ2v) is 4.19. The fourth-order valence-corrected chi connectivity index (χ4v) is 1.92. The molecule has 1 aromatic carbocycles. The molecule has 4 heteroatoms. The van der Waals surface area contributed by atoms with Crippen LogP contribution >= 0.6 is 11.6 Å². The molecular formula is C12H14ClFO2. The molecule has 1 fully saturated rings. The molecule has 1 saturated heterocycles. The third-order valence-electron chi connectivity index (χ3n) is 2.67. The van der Waals surface area contributed by atoms with Crippen molar-refractivity contribution in [2.75, 3.05) is 19.8 Å². The Labute approximate surface area is 99.3 Å². The zero-order valence-electron chi connectivity index (χ0n) is 8.92. The Bertz CT molecular complexity index is 351. The first-order chi connectivity index (χ1) is 7.79. The van der Waals surface area contributed by atoms with Gasteiger partial charge < -0.3 is 9.47 Å². The third kappa shape index (κ3) is 2.86. The summed E-state index contributed by atoms with van der Waals surface area (Å²) >= 11 is 5.73. The SMILES string of the molecule is Fc1ccc(OCC2CCOC2)c(CCl)c1. The zero-order chi connectivity index (χ0) is 11.4. The number of halogens is 2. The number of rotatable bonds is 4. The molecule has 0 saturated carbocycles. The first-order valence-electron chi connectivity index (χ1n) is 5.34. The van der Waals surface area contributed by atoms with E-state index in [-0.39, 0.29) is 11.7 Å². The lowest BCUT2D eigenvalue weighted by Gasteiger charge is -2.12. The molecule has 0 bridgehead atoms. The van der Waals surface area contributed by atoms with Crippen molar-refractivity contribution in [3.05, 3.63) is 29.6 Å². The van der Waals surface area contributed by atoms with Gasteiger partial charge in [0.2, 0.25) is 0 Å². The number of hydrogen-bond acceptors (Lipinski definition) is 2. The Hall–Kier alpha value is -0.800. The van der Waals surface area contributed by atoms with Crippen LogP contribution in [0.25, 0.3) is 0 Å². The Morgan fingerprint density at radius 3 is 3.06 bits per heavy atom. The Balaban J connectivity index is 1.97. The van der Waals surface area contributed by atoms with E-state index in [1.165, 1.54) is 12.1 Å². The van der Waals surface area contributed by atoms with Crippen molar-refractivity contribution in [3.63, 3.8) is 0 Å². The first kappa shape index (κ1) is 11.7. The summed E-state index contributed by atoms with van der Waals surface area (Å²) in [5.74, 6) is 1.08. The summed E-state index contributed by atoms with van der Waals surface area (Å²) in [5, 5.41) is 0. The van der Waals surface area contributed by atoms with Gasteiger partial charge in [-0.05, 0) is 24.6 Å². The van der Waals surface area contributed by atoms with Crippen LogP contribution in [0.1, 0.15) is 12.0 Å². The van der Waals surface area contributed by atoms with Gasteiger partial charge in [0.05, 0.1) is 19.1 Å². The highest BCUT2D eigenvalue weighted by Gasteiger charge is 2.16. The van der Waals surface area contributed by atoms with Gasteiger partial charge in [0.15, 0.2) is 0 Å². The highest BCUT2D eigenvalue weighted by molar-refractivity contribution is 6.17. The van der Waals surface area contributed by atoms with Crippen molar-refractivity contribution in [1.29, 1.82) is 0 Å². The molecule has 0 spiro atoms. The van der Waals surface area contributed by atoms with Crippen molar-refractivity contribution in [1.82, 2.24) is 0 Å². The summed E-state index contributed by atoms with van der Waals surface area (Å²) in [5.41, 5.74) is 0.695. The molecule has 1 aromatic rings. The van der Waals surface area contributed by atoms with E-state index in [2.05, 4.69) is 0 Å². The smallest absolute Gasteiger partial charge is 0.123 e. The maximum atomic E-state index is 12.9. The van der Waals surface area contributed by atoms with Gasteiger partial charge in [0.25, 0.3) is 0 Å². The monoisotopic (exact) mass is 244 g/mol. The number of benzene rings is 1. The van der Waals surface area contributed by atoms with Gasteiger partial charge in [-0.2, -0.15) is 0 Å². The van der Waals surface area contributed by atoms with Crippen LogP contribution in [-0.2, 0) is 10.6 Å². The van der Waals surface area contributed by atoms with E-state index < -0.39 is 0 Å². The second-order valence-electron chi connectivity index (χ2n) is 3.93. The fraction of sp³-hybridized carbons (Fsp3) is 0.500. The van der Waals surface area contributed by atoms with Gasteiger partial charge in [0.1, 0.15) is 11.6 Å². The maximum absolute atomic E-state index is 12.9. The molecule has 2 rings (SSSR count).